The zero-order valence-electron chi connectivity index (χ0n) is 11.5. The van der Waals surface area contributed by atoms with Crippen molar-refractivity contribution in [2.75, 3.05) is 0 Å². The number of hydrogen-bond acceptors (Lipinski definition) is 1. The van der Waals surface area contributed by atoms with Crippen molar-refractivity contribution in [1.29, 1.82) is 0 Å². The quantitative estimate of drug-likeness (QED) is 0.831. The maximum Gasteiger partial charge on any atom is 0.0453 e. The Morgan fingerprint density at radius 3 is 2.29 bits per heavy atom. The van der Waals surface area contributed by atoms with Crippen LogP contribution in [0.15, 0.2) is 18.2 Å². The molecule has 17 heavy (non-hydrogen) atoms. The van der Waals surface area contributed by atoms with Crippen molar-refractivity contribution >= 4 is 11.6 Å². The van der Waals surface area contributed by atoms with Gasteiger partial charge in [-0.2, -0.15) is 0 Å². The largest absolute Gasteiger partial charge is 0.324 e. The third-order valence-corrected chi connectivity index (χ3v) is 3.33. The first kappa shape index (κ1) is 14.5. The number of hydrogen-bond donors (Lipinski definition) is 1. The lowest BCUT2D eigenvalue weighted by Crippen LogP contribution is -2.16. The Morgan fingerprint density at radius 1 is 1.24 bits per heavy atom. The fraction of sp³-hybridized carbons (Fsp3) is 0.600. The highest BCUT2D eigenvalue weighted by atomic mass is 35.5. The van der Waals surface area contributed by atoms with Gasteiger partial charge >= 0.3 is 0 Å². The van der Waals surface area contributed by atoms with E-state index in [-0.39, 0.29) is 11.5 Å². The van der Waals surface area contributed by atoms with Crippen LogP contribution < -0.4 is 5.73 Å². The van der Waals surface area contributed by atoms with E-state index in [0.717, 1.165) is 17.0 Å². The molecule has 2 N–H and O–H groups in total. The average Bonchev–Trinajstić information content (AvgIpc) is 2.15. The second-order valence-corrected chi connectivity index (χ2v) is 6.63. The Labute approximate surface area is 110 Å². The second kappa shape index (κ2) is 5.41. The van der Waals surface area contributed by atoms with E-state index in [0.29, 0.717) is 5.92 Å². The molecule has 0 aromatic heterocycles. The molecule has 2 heteroatoms. The molecule has 0 aliphatic heterocycles. The fourth-order valence-electron chi connectivity index (χ4n) is 1.93. The van der Waals surface area contributed by atoms with Gasteiger partial charge in [0.1, 0.15) is 0 Å². The molecule has 0 aliphatic rings. The van der Waals surface area contributed by atoms with Crippen LogP contribution in [-0.2, 0) is 5.41 Å². The Balaban J connectivity index is 3.06. The van der Waals surface area contributed by atoms with Gasteiger partial charge in [0.05, 0.1) is 0 Å². The van der Waals surface area contributed by atoms with E-state index in [1.807, 2.05) is 6.07 Å². The zero-order chi connectivity index (χ0) is 13.2. The molecule has 1 nitrogen and oxygen atoms in total. The van der Waals surface area contributed by atoms with Crippen LogP contribution in [0.5, 0.6) is 0 Å². The Morgan fingerprint density at radius 2 is 1.82 bits per heavy atom. The lowest BCUT2D eigenvalue weighted by Gasteiger charge is -2.23. The van der Waals surface area contributed by atoms with Gasteiger partial charge in [-0.1, -0.05) is 58.4 Å². The zero-order valence-corrected chi connectivity index (χ0v) is 12.3. The minimum absolute atomic E-state index is 0.0322. The van der Waals surface area contributed by atoms with Crippen LogP contribution >= 0.6 is 11.6 Å². The average molecular weight is 254 g/mol. The molecule has 0 bridgehead atoms. The van der Waals surface area contributed by atoms with Crippen molar-refractivity contribution in [3.8, 4) is 0 Å². The predicted molar refractivity (Wildman–Crippen MR) is 76.5 cm³/mol. The number of rotatable bonds is 3. The van der Waals surface area contributed by atoms with Crippen molar-refractivity contribution in [3.63, 3.8) is 0 Å². The molecule has 0 saturated heterocycles. The molecule has 0 radical (unpaired) electrons. The summed E-state index contributed by atoms with van der Waals surface area (Å²) in [6.45, 7) is 11.0. The standard InChI is InChI=1S/C15H24ClN/c1-10(2)8-14(17)12-9-11(15(3,4)5)6-7-13(12)16/h6-7,9-10,14H,8,17H2,1-5H3. The van der Waals surface area contributed by atoms with Crippen molar-refractivity contribution in [2.24, 2.45) is 11.7 Å². The van der Waals surface area contributed by atoms with Crippen LogP contribution in [0.2, 0.25) is 5.02 Å². The predicted octanol–water partition coefficient (Wildman–Crippen LogP) is 4.68. The molecular formula is C15H24ClN. The smallest absolute Gasteiger partial charge is 0.0453 e. The third kappa shape index (κ3) is 4.01. The van der Waals surface area contributed by atoms with E-state index >= 15 is 0 Å². The maximum atomic E-state index is 6.24. The van der Waals surface area contributed by atoms with Crippen LogP contribution in [0.4, 0.5) is 0 Å². The van der Waals surface area contributed by atoms with E-state index in [2.05, 4.69) is 46.8 Å². The Kier molecular flexibility index (Phi) is 4.62. The molecule has 0 heterocycles. The van der Waals surface area contributed by atoms with Crippen LogP contribution in [-0.4, -0.2) is 0 Å². The molecular weight excluding hydrogens is 230 g/mol. The summed E-state index contributed by atoms with van der Waals surface area (Å²) in [6, 6.07) is 6.26. The summed E-state index contributed by atoms with van der Waals surface area (Å²) in [5, 5.41) is 0.783. The van der Waals surface area contributed by atoms with Gasteiger partial charge in [-0.05, 0) is 34.9 Å². The summed E-state index contributed by atoms with van der Waals surface area (Å²) in [5.74, 6) is 0.583. The topological polar surface area (TPSA) is 26.0 Å². The van der Waals surface area contributed by atoms with Crippen molar-refractivity contribution in [3.05, 3.63) is 34.3 Å². The van der Waals surface area contributed by atoms with Crippen LogP contribution in [0.3, 0.4) is 0 Å². The molecule has 0 fully saturated rings. The highest BCUT2D eigenvalue weighted by Crippen LogP contribution is 2.31. The normalized spacial score (nSPS) is 14.1. The summed E-state index contributed by atoms with van der Waals surface area (Å²) in [7, 11) is 0. The van der Waals surface area contributed by atoms with E-state index in [1.54, 1.807) is 0 Å². The lowest BCUT2D eigenvalue weighted by atomic mass is 9.85. The van der Waals surface area contributed by atoms with Gasteiger partial charge in [-0.25, -0.2) is 0 Å². The number of benzene rings is 1. The van der Waals surface area contributed by atoms with Crippen LogP contribution in [0, 0.1) is 5.92 Å². The summed E-state index contributed by atoms with van der Waals surface area (Å²) in [6.07, 6.45) is 0.966. The van der Waals surface area contributed by atoms with Gasteiger partial charge in [-0.3, -0.25) is 0 Å². The molecule has 1 rings (SSSR count). The number of nitrogens with two attached hydrogens (primary N) is 1. The van der Waals surface area contributed by atoms with Gasteiger partial charge in [0.2, 0.25) is 0 Å². The summed E-state index contributed by atoms with van der Waals surface area (Å²) < 4.78 is 0. The summed E-state index contributed by atoms with van der Waals surface area (Å²) >= 11 is 6.24. The minimum Gasteiger partial charge on any atom is -0.324 e. The van der Waals surface area contributed by atoms with Crippen LogP contribution in [0.25, 0.3) is 0 Å². The Bertz CT molecular complexity index is 377. The first-order valence-corrected chi connectivity index (χ1v) is 6.65. The monoisotopic (exact) mass is 253 g/mol. The van der Waals surface area contributed by atoms with Crippen LogP contribution in [0.1, 0.15) is 58.2 Å². The van der Waals surface area contributed by atoms with Crippen molar-refractivity contribution in [2.45, 2.75) is 52.5 Å². The molecule has 0 spiro atoms. The van der Waals surface area contributed by atoms with Gasteiger partial charge in [0.25, 0.3) is 0 Å². The minimum atomic E-state index is 0.0322. The summed E-state index contributed by atoms with van der Waals surface area (Å²) in [5.41, 5.74) is 8.73. The molecule has 1 aromatic carbocycles. The van der Waals surface area contributed by atoms with Crippen molar-refractivity contribution < 1.29 is 0 Å². The van der Waals surface area contributed by atoms with Crippen molar-refractivity contribution in [1.82, 2.24) is 0 Å². The highest BCUT2D eigenvalue weighted by molar-refractivity contribution is 6.31. The molecule has 0 amide bonds. The first-order valence-electron chi connectivity index (χ1n) is 6.27. The van der Waals surface area contributed by atoms with E-state index in [9.17, 15) is 0 Å². The highest BCUT2D eigenvalue weighted by Gasteiger charge is 2.18. The Hall–Kier alpha value is -0.530. The fourth-order valence-corrected chi connectivity index (χ4v) is 2.19. The second-order valence-electron chi connectivity index (χ2n) is 6.22. The number of halogens is 1. The van der Waals surface area contributed by atoms with E-state index in [1.165, 1.54) is 5.56 Å². The van der Waals surface area contributed by atoms with Gasteiger partial charge in [-0.15, -0.1) is 0 Å². The summed E-state index contributed by atoms with van der Waals surface area (Å²) in [4.78, 5) is 0. The molecule has 1 unspecified atom stereocenters. The van der Waals surface area contributed by atoms with Gasteiger partial charge in [0, 0.05) is 11.1 Å². The van der Waals surface area contributed by atoms with E-state index < -0.39 is 0 Å². The van der Waals surface area contributed by atoms with Gasteiger partial charge < -0.3 is 5.73 Å². The molecule has 0 saturated carbocycles. The molecule has 96 valence electrons. The third-order valence-electron chi connectivity index (χ3n) is 2.99. The van der Waals surface area contributed by atoms with E-state index in [4.69, 9.17) is 17.3 Å². The van der Waals surface area contributed by atoms with Gasteiger partial charge in [0.15, 0.2) is 0 Å². The molecule has 1 atom stereocenters. The SMILES string of the molecule is CC(C)CC(N)c1cc(C(C)(C)C)ccc1Cl. The molecule has 1 aromatic rings. The maximum absolute atomic E-state index is 6.24. The lowest BCUT2D eigenvalue weighted by molar-refractivity contribution is 0.508. The first-order chi connectivity index (χ1) is 7.71. The molecule has 0 aliphatic carbocycles.